The largest absolute Gasteiger partial charge is 0.406 e. The van der Waals surface area contributed by atoms with Crippen molar-refractivity contribution < 1.29 is 18.0 Å². The van der Waals surface area contributed by atoms with Crippen molar-refractivity contribution in [3.8, 4) is 0 Å². The van der Waals surface area contributed by atoms with Crippen molar-refractivity contribution in [2.24, 2.45) is 5.73 Å². The number of halogens is 3. The zero-order chi connectivity index (χ0) is 12.1. The van der Waals surface area contributed by atoms with Crippen LogP contribution in [0, 0.1) is 0 Å². The molecular formula is C9H17F3N2O. The van der Waals surface area contributed by atoms with Gasteiger partial charge in [0.15, 0.2) is 0 Å². The van der Waals surface area contributed by atoms with Gasteiger partial charge >= 0.3 is 6.18 Å². The summed E-state index contributed by atoms with van der Waals surface area (Å²) in [5.41, 5.74) is 5.08. The lowest BCUT2D eigenvalue weighted by Crippen LogP contribution is -2.47. The number of carbonyl (C=O) groups excluding carboxylic acids is 1. The molecule has 0 aromatic carbocycles. The third-order valence-electron chi connectivity index (χ3n) is 2.23. The van der Waals surface area contributed by atoms with Crippen LogP contribution >= 0.6 is 0 Å². The molecule has 0 bridgehead atoms. The number of carbonyl (C=O) groups is 1. The van der Waals surface area contributed by atoms with Crippen LogP contribution in [0.1, 0.15) is 26.7 Å². The second kappa shape index (κ2) is 5.95. The fraction of sp³-hybridized carbons (Fsp3) is 0.889. The highest BCUT2D eigenvalue weighted by molar-refractivity contribution is 5.78. The summed E-state index contributed by atoms with van der Waals surface area (Å²) in [7, 11) is 0. The van der Waals surface area contributed by atoms with Gasteiger partial charge < -0.3 is 10.6 Å². The Morgan fingerprint density at radius 2 is 1.80 bits per heavy atom. The number of nitrogens with two attached hydrogens (primary N) is 1. The maximum Gasteiger partial charge on any atom is 0.406 e. The first-order chi connectivity index (χ1) is 6.85. The molecule has 0 aromatic heterocycles. The SMILES string of the molecule is CCC(CC)N(CC(F)(F)F)C(=O)CN. The smallest absolute Gasteiger partial charge is 0.330 e. The molecule has 0 saturated heterocycles. The molecule has 2 N–H and O–H groups in total. The summed E-state index contributed by atoms with van der Waals surface area (Å²) in [6.07, 6.45) is -3.37. The Balaban J connectivity index is 4.64. The van der Waals surface area contributed by atoms with E-state index in [1.165, 1.54) is 0 Å². The maximum absolute atomic E-state index is 12.2. The highest BCUT2D eigenvalue weighted by Gasteiger charge is 2.34. The lowest BCUT2D eigenvalue weighted by atomic mass is 10.1. The fourth-order valence-electron chi connectivity index (χ4n) is 1.46. The van der Waals surface area contributed by atoms with Crippen LogP contribution in [0.2, 0.25) is 0 Å². The topological polar surface area (TPSA) is 46.3 Å². The molecule has 6 heteroatoms. The number of nitrogens with zero attached hydrogens (tertiary/aromatic N) is 1. The zero-order valence-electron chi connectivity index (χ0n) is 8.97. The highest BCUT2D eigenvalue weighted by atomic mass is 19.4. The van der Waals surface area contributed by atoms with Gasteiger partial charge in [0.05, 0.1) is 6.54 Å². The molecule has 0 spiro atoms. The molecular weight excluding hydrogens is 209 g/mol. The molecule has 0 radical (unpaired) electrons. The van der Waals surface area contributed by atoms with E-state index in [0.717, 1.165) is 4.90 Å². The van der Waals surface area contributed by atoms with Gasteiger partial charge in [-0.2, -0.15) is 13.2 Å². The van der Waals surface area contributed by atoms with Crippen LogP contribution in [-0.2, 0) is 4.79 Å². The van der Waals surface area contributed by atoms with Gasteiger partial charge in [0.25, 0.3) is 0 Å². The van der Waals surface area contributed by atoms with Crippen molar-refractivity contribution in [2.75, 3.05) is 13.1 Å². The molecule has 0 aromatic rings. The van der Waals surface area contributed by atoms with E-state index >= 15 is 0 Å². The summed E-state index contributed by atoms with van der Waals surface area (Å²) in [6, 6.07) is -0.386. The van der Waals surface area contributed by atoms with E-state index in [9.17, 15) is 18.0 Å². The van der Waals surface area contributed by atoms with Gasteiger partial charge in [0, 0.05) is 6.04 Å². The van der Waals surface area contributed by atoms with Crippen molar-refractivity contribution >= 4 is 5.91 Å². The average molecular weight is 226 g/mol. The van der Waals surface area contributed by atoms with E-state index < -0.39 is 18.6 Å². The molecule has 0 aliphatic heterocycles. The van der Waals surface area contributed by atoms with Gasteiger partial charge in [-0.1, -0.05) is 13.8 Å². The minimum atomic E-state index is -4.37. The number of amides is 1. The molecule has 0 saturated carbocycles. The van der Waals surface area contributed by atoms with E-state index in [0.29, 0.717) is 12.8 Å². The van der Waals surface area contributed by atoms with Crippen molar-refractivity contribution in [2.45, 2.75) is 38.9 Å². The lowest BCUT2D eigenvalue weighted by Gasteiger charge is -2.30. The predicted molar refractivity (Wildman–Crippen MR) is 51.2 cm³/mol. The van der Waals surface area contributed by atoms with E-state index in [2.05, 4.69) is 0 Å². The number of rotatable bonds is 5. The normalized spacial score (nSPS) is 11.9. The van der Waals surface area contributed by atoms with Crippen LogP contribution in [0.15, 0.2) is 0 Å². The predicted octanol–water partition coefficient (Wildman–Crippen LogP) is 1.52. The molecule has 3 nitrogen and oxygen atoms in total. The van der Waals surface area contributed by atoms with Crippen molar-refractivity contribution in [3.05, 3.63) is 0 Å². The highest BCUT2D eigenvalue weighted by Crippen LogP contribution is 2.20. The van der Waals surface area contributed by atoms with E-state index in [-0.39, 0.29) is 12.6 Å². The molecule has 15 heavy (non-hydrogen) atoms. The van der Waals surface area contributed by atoms with Gasteiger partial charge in [0.2, 0.25) is 5.91 Å². The molecule has 1 amide bonds. The summed E-state index contributed by atoms with van der Waals surface area (Å²) in [6.45, 7) is 1.91. The van der Waals surface area contributed by atoms with E-state index in [1.54, 1.807) is 13.8 Å². The Hall–Kier alpha value is -0.780. The van der Waals surface area contributed by atoms with Gasteiger partial charge in [0.1, 0.15) is 6.54 Å². The van der Waals surface area contributed by atoms with E-state index in [1.807, 2.05) is 0 Å². The van der Waals surface area contributed by atoms with Crippen molar-refractivity contribution in [1.82, 2.24) is 4.90 Å². The number of hydrogen-bond donors (Lipinski definition) is 1. The molecule has 0 heterocycles. The molecule has 0 rings (SSSR count). The van der Waals surface area contributed by atoms with E-state index in [4.69, 9.17) is 5.73 Å². The first kappa shape index (κ1) is 14.2. The lowest BCUT2D eigenvalue weighted by molar-refractivity contribution is -0.165. The molecule has 0 unspecified atom stereocenters. The number of alkyl halides is 3. The first-order valence-corrected chi connectivity index (χ1v) is 4.92. The third kappa shape index (κ3) is 5.01. The molecule has 90 valence electrons. The zero-order valence-corrected chi connectivity index (χ0v) is 8.97. The second-order valence-electron chi connectivity index (χ2n) is 3.31. The summed E-state index contributed by atoms with van der Waals surface area (Å²) in [4.78, 5) is 12.1. The summed E-state index contributed by atoms with van der Waals surface area (Å²) < 4.78 is 36.6. The quantitative estimate of drug-likeness (QED) is 0.772. The molecule has 0 aliphatic rings. The van der Waals surface area contributed by atoms with Gasteiger partial charge in [-0.05, 0) is 12.8 Å². The van der Waals surface area contributed by atoms with Crippen LogP contribution < -0.4 is 5.73 Å². The Kier molecular flexibility index (Phi) is 5.64. The van der Waals surface area contributed by atoms with Gasteiger partial charge in [-0.25, -0.2) is 0 Å². The standard InChI is InChI=1S/C9H17F3N2O/c1-3-7(4-2)14(8(15)5-13)6-9(10,11)12/h7H,3-6,13H2,1-2H3. The number of hydrogen-bond acceptors (Lipinski definition) is 2. The molecule has 0 aliphatic carbocycles. The molecule has 0 atom stereocenters. The first-order valence-electron chi connectivity index (χ1n) is 4.92. The Morgan fingerprint density at radius 3 is 2.07 bits per heavy atom. The van der Waals surface area contributed by atoms with Gasteiger partial charge in [-0.3, -0.25) is 4.79 Å². The third-order valence-corrected chi connectivity index (χ3v) is 2.23. The Labute approximate surface area is 87.4 Å². The van der Waals surface area contributed by atoms with Crippen molar-refractivity contribution in [3.63, 3.8) is 0 Å². The van der Waals surface area contributed by atoms with Crippen LogP contribution in [0.4, 0.5) is 13.2 Å². The van der Waals surface area contributed by atoms with Crippen LogP contribution in [-0.4, -0.2) is 36.1 Å². The fourth-order valence-corrected chi connectivity index (χ4v) is 1.46. The molecule has 0 fully saturated rings. The minimum Gasteiger partial charge on any atom is -0.330 e. The summed E-state index contributed by atoms with van der Waals surface area (Å²) >= 11 is 0. The maximum atomic E-state index is 12.2. The van der Waals surface area contributed by atoms with Gasteiger partial charge in [-0.15, -0.1) is 0 Å². The monoisotopic (exact) mass is 226 g/mol. The van der Waals surface area contributed by atoms with Crippen LogP contribution in [0.3, 0.4) is 0 Å². The average Bonchev–Trinajstić information content (AvgIpc) is 2.15. The van der Waals surface area contributed by atoms with Crippen LogP contribution in [0.5, 0.6) is 0 Å². The Bertz CT molecular complexity index is 202. The minimum absolute atomic E-state index is 0.382. The summed E-state index contributed by atoms with van der Waals surface area (Å²) in [5.74, 6) is -0.652. The van der Waals surface area contributed by atoms with Crippen molar-refractivity contribution in [1.29, 1.82) is 0 Å². The Morgan fingerprint density at radius 1 is 1.33 bits per heavy atom. The summed E-state index contributed by atoms with van der Waals surface area (Å²) in [5, 5.41) is 0. The van der Waals surface area contributed by atoms with Crippen LogP contribution in [0.25, 0.3) is 0 Å². The second-order valence-corrected chi connectivity index (χ2v) is 3.31.